The summed E-state index contributed by atoms with van der Waals surface area (Å²) in [5.41, 5.74) is 0. The van der Waals surface area contributed by atoms with Gasteiger partial charge in [-0.25, -0.2) is 22.6 Å². The Labute approximate surface area is 120 Å². The number of sulfonamides is 1. The van der Waals surface area contributed by atoms with Gasteiger partial charge in [0.05, 0.1) is 4.90 Å². The number of anilines is 1. The summed E-state index contributed by atoms with van der Waals surface area (Å²) in [6.45, 7) is 3.95. The van der Waals surface area contributed by atoms with E-state index in [1.54, 1.807) is 0 Å². The van der Waals surface area contributed by atoms with E-state index in [-0.39, 0.29) is 16.1 Å². The Morgan fingerprint density at radius 3 is 2.55 bits per heavy atom. The first-order valence-electron chi connectivity index (χ1n) is 5.74. The zero-order valence-corrected chi connectivity index (χ0v) is 12.4. The lowest BCUT2D eigenvalue weighted by Gasteiger charge is -2.04. The van der Waals surface area contributed by atoms with Crippen molar-refractivity contribution in [3.8, 4) is 0 Å². The third kappa shape index (κ3) is 3.70. The summed E-state index contributed by atoms with van der Waals surface area (Å²) in [7, 11) is -3.80. The van der Waals surface area contributed by atoms with Crippen molar-refractivity contribution in [1.82, 2.24) is 15.2 Å². The highest BCUT2D eigenvalue weighted by Gasteiger charge is 2.16. The van der Waals surface area contributed by atoms with Crippen LogP contribution < -0.4 is 4.72 Å². The van der Waals surface area contributed by atoms with E-state index in [1.165, 1.54) is 23.9 Å². The maximum Gasteiger partial charge on any atom is 0.264 e. The van der Waals surface area contributed by atoms with Crippen LogP contribution in [-0.4, -0.2) is 28.8 Å². The number of benzene rings is 1. The van der Waals surface area contributed by atoms with Crippen molar-refractivity contribution in [2.45, 2.75) is 29.1 Å². The van der Waals surface area contributed by atoms with Gasteiger partial charge in [-0.3, -0.25) is 0 Å². The van der Waals surface area contributed by atoms with Crippen LogP contribution in [0.4, 0.5) is 10.3 Å². The molecule has 0 bridgehead atoms. The van der Waals surface area contributed by atoms with Crippen LogP contribution in [0.25, 0.3) is 0 Å². The molecule has 0 unspecified atom stereocenters. The molecule has 0 aliphatic carbocycles. The molecule has 0 radical (unpaired) electrons. The first-order valence-corrected chi connectivity index (χ1v) is 8.10. The van der Waals surface area contributed by atoms with Crippen LogP contribution >= 0.6 is 11.8 Å². The normalized spacial score (nSPS) is 11.8. The summed E-state index contributed by atoms with van der Waals surface area (Å²) in [5.74, 6) is -0.475. The van der Waals surface area contributed by atoms with Crippen LogP contribution in [0.5, 0.6) is 0 Å². The van der Waals surface area contributed by atoms with Crippen molar-refractivity contribution in [3.63, 3.8) is 0 Å². The zero-order valence-electron chi connectivity index (χ0n) is 10.8. The molecule has 0 saturated carbocycles. The summed E-state index contributed by atoms with van der Waals surface area (Å²) in [6, 6.07) is 4.51. The lowest BCUT2D eigenvalue weighted by molar-refractivity contribution is 0.599. The first-order chi connectivity index (χ1) is 9.37. The minimum absolute atomic E-state index is 0.0254. The second kappa shape index (κ2) is 5.80. The van der Waals surface area contributed by atoms with E-state index in [9.17, 15) is 12.8 Å². The molecule has 0 amide bonds. The van der Waals surface area contributed by atoms with Gasteiger partial charge in [-0.05, 0) is 24.3 Å². The Hall–Kier alpha value is -1.61. The molecule has 1 aromatic heterocycles. The molecule has 2 N–H and O–H groups in total. The van der Waals surface area contributed by atoms with Crippen LogP contribution in [-0.2, 0) is 10.0 Å². The Balaban J connectivity index is 2.16. The SMILES string of the molecule is CC(C)Sc1n[nH]c(NS(=O)(=O)c2ccc(F)cc2)n1. The second-order valence-corrected chi connectivity index (χ2v) is 7.42. The van der Waals surface area contributed by atoms with Crippen LogP contribution in [0.1, 0.15) is 13.8 Å². The first kappa shape index (κ1) is 14.8. The van der Waals surface area contributed by atoms with Crippen LogP contribution in [0.2, 0.25) is 0 Å². The number of hydrogen-bond acceptors (Lipinski definition) is 5. The van der Waals surface area contributed by atoms with Gasteiger partial charge in [-0.1, -0.05) is 25.6 Å². The van der Waals surface area contributed by atoms with E-state index in [0.29, 0.717) is 5.16 Å². The lowest BCUT2D eigenvalue weighted by atomic mass is 10.4. The van der Waals surface area contributed by atoms with E-state index in [0.717, 1.165) is 12.1 Å². The Morgan fingerprint density at radius 1 is 1.30 bits per heavy atom. The Morgan fingerprint density at radius 2 is 1.95 bits per heavy atom. The summed E-state index contributed by atoms with van der Waals surface area (Å²) in [5, 5.41) is 7.13. The molecule has 108 valence electrons. The van der Waals surface area contributed by atoms with Crippen LogP contribution in [0, 0.1) is 5.82 Å². The molecule has 0 aliphatic heterocycles. The number of thioether (sulfide) groups is 1. The molecule has 0 atom stereocenters. The number of aromatic amines is 1. The van der Waals surface area contributed by atoms with Gasteiger partial charge < -0.3 is 0 Å². The molecule has 2 aromatic rings. The predicted molar refractivity (Wildman–Crippen MR) is 74.6 cm³/mol. The number of hydrogen-bond donors (Lipinski definition) is 2. The van der Waals surface area contributed by atoms with Crippen LogP contribution in [0.15, 0.2) is 34.3 Å². The fourth-order valence-electron chi connectivity index (χ4n) is 1.36. The molecule has 0 fully saturated rings. The maximum absolute atomic E-state index is 12.8. The van der Waals surface area contributed by atoms with Gasteiger partial charge in [-0.15, -0.1) is 5.10 Å². The monoisotopic (exact) mass is 316 g/mol. The van der Waals surface area contributed by atoms with E-state index < -0.39 is 15.8 Å². The van der Waals surface area contributed by atoms with Gasteiger partial charge in [0.25, 0.3) is 10.0 Å². The number of H-pyrrole nitrogens is 1. The molecule has 6 nitrogen and oxygen atoms in total. The van der Waals surface area contributed by atoms with Gasteiger partial charge in [0.1, 0.15) is 5.82 Å². The third-order valence-corrected chi connectivity index (χ3v) is 4.38. The lowest BCUT2D eigenvalue weighted by Crippen LogP contribution is -2.14. The molecule has 20 heavy (non-hydrogen) atoms. The summed E-state index contributed by atoms with van der Waals surface area (Å²) in [6.07, 6.45) is 0. The predicted octanol–water partition coefficient (Wildman–Crippen LogP) is 2.25. The van der Waals surface area contributed by atoms with E-state index >= 15 is 0 Å². The Kier molecular flexibility index (Phi) is 4.29. The fraction of sp³-hybridized carbons (Fsp3) is 0.273. The van der Waals surface area contributed by atoms with Gasteiger partial charge in [-0.2, -0.15) is 4.98 Å². The second-order valence-electron chi connectivity index (χ2n) is 4.19. The molecular formula is C11H13FN4O2S2. The molecule has 1 heterocycles. The van der Waals surface area contributed by atoms with E-state index in [1.807, 2.05) is 13.8 Å². The molecule has 0 spiro atoms. The molecular weight excluding hydrogens is 303 g/mol. The largest absolute Gasteiger partial charge is 0.264 e. The standard InChI is InChI=1S/C11H13FN4O2S2/c1-7(2)19-11-13-10(14-15-11)16-20(17,18)9-5-3-8(12)4-6-9/h3-7H,1-2H3,(H2,13,14,15,16). The minimum atomic E-state index is -3.80. The Bertz CT molecular complexity index is 683. The molecule has 1 aromatic carbocycles. The van der Waals surface area contributed by atoms with Crippen molar-refractivity contribution in [1.29, 1.82) is 0 Å². The summed E-state index contributed by atoms with van der Waals surface area (Å²) in [4.78, 5) is 3.96. The highest BCUT2D eigenvalue weighted by atomic mass is 32.2. The average molecular weight is 316 g/mol. The fourth-order valence-corrected chi connectivity index (χ4v) is 2.98. The van der Waals surface area contributed by atoms with E-state index in [4.69, 9.17) is 0 Å². The summed E-state index contributed by atoms with van der Waals surface area (Å²) < 4.78 is 39.1. The highest BCUT2D eigenvalue weighted by molar-refractivity contribution is 7.99. The van der Waals surface area contributed by atoms with Crippen molar-refractivity contribution in [3.05, 3.63) is 30.1 Å². The quantitative estimate of drug-likeness (QED) is 0.826. The smallest absolute Gasteiger partial charge is 0.248 e. The van der Waals surface area contributed by atoms with E-state index in [2.05, 4.69) is 19.9 Å². The molecule has 2 rings (SSSR count). The average Bonchev–Trinajstić information content (AvgIpc) is 2.75. The van der Waals surface area contributed by atoms with Crippen molar-refractivity contribution < 1.29 is 12.8 Å². The van der Waals surface area contributed by atoms with Crippen LogP contribution in [0.3, 0.4) is 0 Å². The number of nitrogens with zero attached hydrogens (tertiary/aromatic N) is 2. The van der Waals surface area contributed by atoms with Gasteiger partial charge >= 0.3 is 0 Å². The number of rotatable bonds is 5. The topological polar surface area (TPSA) is 87.7 Å². The molecule has 9 heteroatoms. The number of halogens is 1. The van der Waals surface area contributed by atoms with Crippen molar-refractivity contribution in [2.24, 2.45) is 0 Å². The molecule has 0 aliphatic rings. The minimum Gasteiger partial charge on any atom is -0.248 e. The van der Waals surface area contributed by atoms with Crippen molar-refractivity contribution >= 4 is 27.7 Å². The van der Waals surface area contributed by atoms with Gasteiger partial charge in [0.15, 0.2) is 0 Å². The summed E-state index contributed by atoms with van der Waals surface area (Å²) >= 11 is 1.41. The molecule has 0 saturated heterocycles. The van der Waals surface area contributed by atoms with Gasteiger partial charge in [0.2, 0.25) is 11.1 Å². The zero-order chi connectivity index (χ0) is 14.8. The number of aromatic nitrogens is 3. The third-order valence-electron chi connectivity index (χ3n) is 2.16. The van der Waals surface area contributed by atoms with Gasteiger partial charge in [0, 0.05) is 5.25 Å². The highest BCUT2D eigenvalue weighted by Crippen LogP contribution is 2.20. The number of nitrogens with one attached hydrogen (secondary N) is 2. The van der Waals surface area contributed by atoms with Crippen molar-refractivity contribution in [2.75, 3.05) is 4.72 Å². The maximum atomic E-state index is 12.8.